The van der Waals surface area contributed by atoms with E-state index < -0.39 is 25.7 Å². The monoisotopic (exact) mass is 413 g/mol. The van der Waals surface area contributed by atoms with Gasteiger partial charge in [-0.05, 0) is 52.7 Å². The minimum absolute atomic E-state index is 0.0983. The minimum Gasteiger partial charge on any atom is -0.374 e. The number of benzene rings is 1. The molecule has 0 aliphatic carbocycles. The Morgan fingerprint density at radius 1 is 1.29 bits per heavy atom. The van der Waals surface area contributed by atoms with E-state index in [1.165, 1.54) is 12.1 Å². The molecule has 10 heteroatoms. The molecule has 0 spiro atoms. The fraction of sp³-hybridized carbons (Fsp3) is 0.611. The number of hydrogen-bond acceptors (Lipinski definition) is 8. The number of nitro benzene ring substituents is 1. The van der Waals surface area contributed by atoms with Crippen molar-refractivity contribution in [3.8, 4) is 0 Å². The number of sulfone groups is 1. The molecule has 1 aromatic carbocycles. The van der Waals surface area contributed by atoms with Crippen LogP contribution in [0.1, 0.15) is 40.5 Å². The van der Waals surface area contributed by atoms with Gasteiger partial charge in [0.15, 0.2) is 9.84 Å². The van der Waals surface area contributed by atoms with Crippen LogP contribution in [0.4, 0.5) is 11.4 Å². The molecule has 9 nitrogen and oxygen atoms in total. The number of nitrogens with zero attached hydrogens (tertiary/aromatic N) is 2. The molecule has 28 heavy (non-hydrogen) atoms. The minimum atomic E-state index is -3.54. The van der Waals surface area contributed by atoms with Crippen LogP contribution >= 0.6 is 0 Å². The van der Waals surface area contributed by atoms with Crippen LogP contribution in [0.15, 0.2) is 23.1 Å². The lowest BCUT2D eigenvalue weighted by molar-refractivity contribution is -0.384. The first-order valence-corrected chi connectivity index (χ1v) is 10.8. The fourth-order valence-electron chi connectivity index (χ4n) is 2.77. The Kier molecular flexibility index (Phi) is 6.05. The first kappa shape index (κ1) is 22.1. The topological polar surface area (TPSA) is 119 Å². The molecule has 1 saturated heterocycles. The van der Waals surface area contributed by atoms with Crippen molar-refractivity contribution >= 4 is 27.2 Å². The molecule has 0 radical (unpaired) electrons. The van der Waals surface area contributed by atoms with E-state index in [1.807, 2.05) is 6.92 Å². The van der Waals surface area contributed by atoms with Crippen molar-refractivity contribution in [3.05, 3.63) is 28.3 Å². The van der Waals surface area contributed by atoms with E-state index >= 15 is 0 Å². The van der Waals surface area contributed by atoms with E-state index in [9.17, 15) is 23.3 Å². The van der Waals surface area contributed by atoms with Crippen molar-refractivity contribution in [1.82, 2.24) is 5.06 Å². The molecular weight excluding hydrogens is 386 g/mol. The molecule has 1 aliphatic heterocycles. The van der Waals surface area contributed by atoms with E-state index in [4.69, 9.17) is 4.84 Å². The highest BCUT2D eigenvalue weighted by Gasteiger charge is 2.35. The van der Waals surface area contributed by atoms with Crippen LogP contribution in [0, 0.1) is 15.5 Å². The Morgan fingerprint density at radius 3 is 2.32 bits per heavy atom. The Hall–Kier alpha value is -2.20. The van der Waals surface area contributed by atoms with E-state index in [-0.39, 0.29) is 22.2 Å². The van der Waals surface area contributed by atoms with Crippen molar-refractivity contribution < 1.29 is 23.0 Å². The van der Waals surface area contributed by atoms with Crippen molar-refractivity contribution in [3.63, 3.8) is 0 Å². The molecule has 1 N–H and O–H groups in total. The molecule has 156 valence electrons. The van der Waals surface area contributed by atoms with Gasteiger partial charge in [0.1, 0.15) is 5.69 Å². The van der Waals surface area contributed by atoms with Gasteiger partial charge in [0.05, 0.1) is 15.2 Å². The molecular formula is C18H27N3O6S. The number of hydrogen-bond donors (Lipinski definition) is 1. The highest BCUT2D eigenvalue weighted by molar-refractivity contribution is 7.90. The molecule has 0 unspecified atom stereocenters. The van der Waals surface area contributed by atoms with Crippen LogP contribution in [0.25, 0.3) is 0 Å². The van der Waals surface area contributed by atoms with Gasteiger partial charge in [0.25, 0.3) is 5.69 Å². The average Bonchev–Trinajstić information content (AvgIpc) is 2.55. The second kappa shape index (κ2) is 7.67. The molecule has 2 rings (SSSR count). The zero-order valence-corrected chi connectivity index (χ0v) is 17.6. The van der Waals surface area contributed by atoms with Crippen molar-refractivity contribution in [2.75, 3.05) is 24.7 Å². The number of carbonyl (C=O) groups is 1. The smallest absolute Gasteiger partial charge is 0.330 e. The predicted octanol–water partition coefficient (Wildman–Crippen LogP) is 2.77. The molecule has 0 saturated carbocycles. The number of nitrogens with one attached hydrogen (secondary N) is 1. The molecule has 1 fully saturated rings. The molecule has 1 heterocycles. The van der Waals surface area contributed by atoms with Gasteiger partial charge in [-0.25, -0.2) is 13.2 Å². The Labute approximate surface area is 165 Å². The van der Waals surface area contributed by atoms with Gasteiger partial charge in [-0.1, -0.05) is 0 Å². The third kappa shape index (κ3) is 5.41. The van der Waals surface area contributed by atoms with Crippen molar-refractivity contribution in [2.24, 2.45) is 5.41 Å². The molecule has 0 atom stereocenters. The average molecular weight is 413 g/mol. The molecule has 1 aromatic rings. The van der Waals surface area contributed by atoms with Gasteiger partial charge < -0.3 is 10.2 Å². The Morgan fingerprint density at radius 2 is 1.86 bits per heavy atom. The largest absolute Gasteiger partial charge is 0.374 e. The SMILES string of the molecule is CC1(Nc2ccc(S(C)(=O)=O)cc2[N+](=O)[O-])CCN(OC(=O)C(C)(C)C)CC1. The second-order valence-corrected chi connectivity index (χ2v) is 10.5. The normalized spacial score (nSPS) is 17.8. The van der Waals surface area contributed by atoms with Crippen LogP contribution in [0.3, 0.4) is 0 Å². The number of nitro groups is 1. The lowest BCUT2D eigenvalue weighted by atomic mass is 9.90. The summed E-state index contributed by atoms with van der Waals surface area (Å²) in [4.78, 5) is 28.1. The number of anilines is 1. The van der Waals surface area contributed by atoms with Gasteiger partial charge >= 0.3 is 5.97 Å². The summed E-state index contributed by atoms with van der Waals surface area (Å²) in [6.45, 7) is 8.25. The fourth-order valence-corrected chi connectivity index (χ4v) is 3.42. The van der Waals surface area contributed by atoms with Crippen molar-refractivity contribution in [1.29, 1.82) is 0 Å². The summed E-state index contributed by atoms with van der Waals surface area (Å²) >= 11 is 0. The third-order valence-electron chi connectivity index (χ3n) is 4.68. The van der Waals surface area contributed by atoms with Crippen molar-refractivity contribution in [2.45, 2.75) is 51.0 Å². The van der Waals surface area contributed by atoms with E-state index in [0.717, 1.165) is 12.3 Å². The lowest BCUT2D eigenvalue weighted by Crippen LogP contribution is -2.48. The lowest BCUT2D eigenvalue weighted by Gasteiger charge is -2.39. The summed E-state index contributed by atoms with van der Waals surface area (Å²) in [6, 6.07) is 3.85. The van der Waals surface area contributed by atoms with Gasteiger partial charge in [0.2, 0.25) is 0 Å². The molecule has 0 amide bonds. The maximum absolute atomic E-state index is 12.0. The predicted molar refractivity (Wildman–Crippen MR) is 105 cm³/mol. The first-order chi connectivity index (χ1) is 12.7. The number of carbonyl (C=O) groups excluding carboxylic acids is 1. The van der Waals surface area contributed by atoms with E-state index in [1.54, 1.807) is 25.8 Å². The summed E-state index contributed by atoms with van der Waals surface area (Å²) in [5, 5.41) is 16.2. The summed E-state index contributed by atoms with van der Waals surface area (Å²) < 4.78 is 23.4. The molecule has 0 aromatic heterocycles. The van der Waals surface area contributed by atoms with Gasteiger partial charge in [0, 0.05) is 31.0 Å². The number of piperidine rings is 1. The molecule has 1 aliphatic rings. The standard InChI is InChI=1S/C18H27N3O6S/c1-17(2,3)16(22)27-20-10-8-18(4,9-11-20)19-14-7-6-13(28(5,25)26)12-15(14)21(23)24/h6-7,12,19H,8-11H2,1-5H3. The van der Waals surface area contributed by atoms with Crippen LogP contribution in [-0.2, 0) is 19.5 Å². The van der Waals surface area contributed by atoms with Crippen LogP contribution in [0.5, 0.6) is 0 Å². The summed E-state index contributed by atoms with van der Waals surface area (Å²) in [6.07, 6.45) is 2.19. The van der Waals surface area contributed by atoms with Gasteiger partial charge in [-0.15, -0.1) is 5.06 Å². The zero-order chi connectivity index (χ0) is 21.3. The van der Waals surface area contributed by atoms with Crippen LogP contribution < -0.4 is 5.32 Å². The number of rotatable bonds is 5. The maximum atomic E-state index is 12.0. The zero-order valence-electron chi connectivity index (χ0n) is 16.8. The Bertz CT molecular complexity index is 868. The van der Waals surface area contributed by atoms with Crippen LogP contribution in [0.2, 0.25) is 0 Å². The quantitative estimate of drug-likeness (QED) is 0.578. The first-order valence-electron chi connectivity index (χ1n) is 8.95. The maximum Gasteiger partial charge on any atom is 0.330 e. The van der Waals surface area contributed by atoms with Gasteiger partial charge in [-0.3, -0.25) is 10.1 Å². The highest BCUT2D eigenvalue weighted by atomic mass is 32.2. The van der Waals surface area contributed by atoms with E-state index in [0.29, 0.717) is 25.9 Å². The van der Waals surface area contributed by atoms with E-state index in [2.05, 4.69) is 5.32 Å². The van der Waals surface area contributed by atoms with Gasteiger partial charge in [-0.2, -0.15) is 0 Å². The third-order valence-corrected chi connectivity index (χ3v) is 5.79. The molecule has 0 bridgehead atoms. The summed E-state index contributed by atoms with van der Waals surface area (Å²) in [5.74, 6) is -0.309. The highest BCUT2D eigenvalue weighted by Crippen LogP contribution is 2.33. The summed E-state index contributed by atoms with van der Waals surface area (Å²) in [7, 11) is -3.54. The second-order valence-electron chi connectivity index (χ2n) is 8.45. The number of hydroxylamine groups is 2. The summed E-state index contributed by atoms with van der Waals surface area (Å²) in [5.41, 5.74) is -1.08. The Balaban J connectivity index is 2.12. The van der Waals surface area contributed by atoms with Crippen LogP contribution in [-0.4, -0.2) is 49.3 Å².